The van der Waals surface area contributed by atoms with E-state index in [-0.39, 0.29) is 24.9 Å². The first-order valence-electron chi connectivity index (χ1n) is 8.72. The molecule has 0 unspecified atom stereocenters. The fourth-order valence-corrected chi connectivity index (χ4v) is 2.70. The molecule has 0 spiro atoms. The fourth-order valence-electron chi connectivity index (χ4n) is 2.70. The zero-order chi connectivity index (χ0) is 19.1. The summed E-state index contributed by atoms with van der Waals surface area (Å²) in [5.41, 5.74) is 5.32. The van der Waals surface area contributed by atoms with E-state index in [2.05, 4.69) is 29.7 Å². The van der Waals surface area contributed by atoms with Crippen molar-refractivity contribution in [2.45, 2.75) is 27.3 Å². The Morgan fingerprint density at radius 3 is 2.35 bits per heavy atom. The van der Waals surface area contributed by atoms with Crippen molar-refractivity contribution in [1.29, 1.82) is 0 Å². The summed E-state index contributed by atoms with van der Waals surface area (Å²) < 4.78 is 0. The Morgan fingerprint density at radius 1 is 0.923 bits per heavy atom. The van der Waals surface area contributed by atoms with Crippen LogP contribution in [-0.2, 0) is 16.1 Å². The Labute approximate surface area is 155 Å². The van der Waals surface area contributed by atoms with Crippen LogP contribution in [0, 0.1) is 20.8 Å². The van der Waals surface area contributed by atoms with Crippen LogP contribution in [0.2, 0.25) is 0 Å². The number of aryl methyl sites for hydroxylation is 2. The van der Waals surface area contributed by atoms with Gasteiger partial charge in [-0.3, -0.25) is 14.5 Å². The van der Waals surface area contributed by atoms with E-state index in [9.17, 15) is 9.59 Å². The second-order valence-electron chi connectivity index (χ2n) is 6.67. The second-order valence-corrected chi connectivity index (χ2v) is 6.67. The number of amides is 2. The van der Waals surface area contributed by atoms with Crippen LogP contribution in [0.1, 0.15) is 22.3 Å². The van der Waals surface area contributed by atoms with Gasteiger partial charge in [-0.2, -0.15) is 0 Å². The molecule has 0 aliphatic rings. The summed E-state index contributed by atoms with van der Waals surface area (Å²) in [7, 11) is 1.89. The molecule has 2 N–H and O–H groups in total. The Kier molecular flexibility index (Phi) is 6.92. The van der Waals surface area contributed by atoms with E-state index in [0.717, 1.165) is 16.8 Å². The normalized spacial score (nSPS) is 10.7. The standard InChI is InChI=1S/C21H27N3O2/c1-15-9-7-11-19(17(15)3)23-20(25)12-22-21(26)14-24(4)13-18-10-6-5-8-16(18)2/h5-11H,12-14H2,1-4H3,(H,22,26)(H,23,25). The van der Waals surface area contributed by atoms with Gasteiger partial charge in [0.15, 0.2) is 0 Å². The smallest absolute Gasteiger partial charge is 0.243 e. The molecule has 0 saturated heterocycles. The minimum atomic E-state index is -0.228. The van der Waals surface area contributed by atoms with Gasteiger partial charge in [0.2, 0.25) is 11.8 Å². The van der Waals surface area contributed by atoms with Crippen molar-refractivity contribution in [3.8, 4) is 0 Å². The highest BCUT2D eigenvalue weighted by Crippen LogP contribution is 2.17. The van der Waals surface area contributed by atoms with Gasteiger partial charge in [0.1, 0.15) is 0 Å². The number of nitrogens with one attached hydrogen (secondary N) is 2. The maximum atomic E-state index is 12.1. The number of hydrogen-bond acceptors (Lipinski definition) is 3. The largest absolute Gasteiger partial charge is 0.346 e. The number of hydrogen-bond donors (Lipinski definition) is 2. The average Bonchev–Trinajstić information content (AvgIpc) is 2.59. The molecule has 0 aliphatic carbocycles. The van der Waals surface area contributed by atoms with Gasteiger partial charge in [-0.15, -0.1) is 0 Å². The minimum Gasteiger partial charge on any atom is -0.346 e. The van der Waals surface area contributed by atoms with Crippen molar-refractivity contribution in [3.05, 3.63) is 64.7 Å². The van der Waals surface area contributed by atoms with Crippen molar-refractivity contribution in [1.82, 2.24) is 10.2 Å². The number of carbonyl (C=O) groups is 2. The molecule has 26 heavy (non-hydrogen) atoms. The lowest BCUT2D eigenvalue weighted by Crippen LogP contribution is -2.39. The molecule has 0 aliphatic heterocycles. The molecule has 0 heterocycles. The Balaban J connectivity index is 1.78. The molecule has 0 aromatic heterocycles. The number of nitrogens with zero attached hydrogens (tertiary/aromatic N) is 1. The number of carbonyl (C=O) groups excluding carboxylic acids is 2. The quantitative estimate of drug-likeness (QED) is 0.805. The van der Waals surface area contributed by atoms with E-state index in [1.807, 2.05) is 56.1 Å². The van der Waals surface area contributed by atoms with E-state index in [1.54, 1.807) is 0 Å². The first-order chi connectivity index (χ1) is 12.4. The molecule has 2 amide bonds. The second kappa shape index (κ2) is 9.15. The SMILES string of the molecule is Cc1ccccc1CN(C)CC(=O)NCC(=O)Nc1cccc(C)c1C. The van der Waals surface area contributed by atoms with Crippen LogP contribution in [0.5, 0.6) is 0 Å². The first kappa shape index (κ1) is 19.7. The third kappa shape index (κ3) is 5.70. The highest BCUT2D eigenvalue weighted by molar-refractivity contribution is 5.95. The number of rotatable bonds is 7. The monoisotopic (exact) mass is 353 g/mol. The first-order valence-corrected chi connectivity index (χ1v) is 8.72. The summed E-state index contributed by atoms with van der Waals surface area (Å²) in [6, 6.07) is 13.9. The predicted molar refractivity (Wildman–Crippen MR) is 105 cm³/mol. The van der Waals surface area contributed by atoms with Crippen molar-refractivity contribution < 1.29 is 9.59 Å². The molecular formula is C21H27N3O2. The maximum absolute atomic E-state index is 12.1. The average molecular weight is 353 g/mol. The molecule has 5 heteroatoms. The van der Waals surface area contributed by atoms with Crippen LogP contribution in [0.15, 0.2) is 42.5 Å². The molecular weight excluding hydrogens is 326 g/mol. The third-order valence-corrected chi connectivity index (χ3v) is 4.44. The van der Waals surface area contributed by atoms with Crippen LogP contribution >= 0.6 is 0 Å². The van der Waals surface area contributed by atoms with Crippen molar-refractivity contribution in [2.75, 3.05) is 25.5 Å². The van der Waals surface area contributed by atoms with E-state index in [4.69, 9.17) is 0 Å². The topological polar surface area (TPSA) is 61.4 Å². The van der Waals surface area contributed by atoms with Gasteiger partial charge in [0, 0.05) is 12.2 Å². The zero-order valence-corrected chi connectivity index (χ0v) is 15.9. The molecule has 2 aromatic rings. The highest BCUT2D eigenvalue weighted by atomic mass is 16.2. The van der Waals surface area contributed by atoms with Crippen LogP contribution in [0.25, 0.3) is 0 Å². The minimum absolute atomic E-state index is 0.0373. The van der Waals surface area contributed by atoms with Gasteiger partial charge in [-0.25, -0.2) is 0 Å². The van der Waals surface area contributed by atoms with Gasteiger partial charge in [-0.05, 0) is 56.1 Å². The van der Waals surface area contributed by atoms with Gasteiger partial charge >= 0.3 is 0 Å². The highest BCUT2D eigenvalue weighted by Gasteiger charge is 2.11. The van der Waals surface area contributed by atoms with Crippen LogP contribution in [0.3, 0.4) is 0 Å². The van der Waals surface area contributed by atoms with E-state index >= 15 is 0 Å². The molecule has 0 fully saturated rings. The van der Waals surface area contributed by atoms with Crippen molar-refractivity contribution in [2.24, 2.45) is 0 Å². The molecule has 138 valence electrons. The van der Waals surface area contributed by atoms with Gasteiger partial charge in [-0.1, -0.05) is 36.4 Å². The number of benzene rings is 2. The maximum Gasteiger partial charge on any atom is 0.243 e. The van der Waals surface area contributed by atoms with Gasteiger partial charge in [0.05, 0.1) is 13.1 Å². The van der Waals surface area contributed by atoms with E-state index in [0.29, 0.717) is 6.54 Å². The molecule has 0 radical (unpaired) electrons. The lowest BCUT2D eigenvalue weighted by atomic mass is 10.1. The fraction of sp³-hybridized carbons (Fsp3) is 0.333. The summed E-state index contributed by atoms with van der Waals surface area (Å²) in [4.78, 5) is 26.1. The Morgan fingerprint density at radius 2 is 1.62 bits per heavy atom. The third-order valence-electron chi connectivity index (χ3n) is 4.44. The summed E-state index contributed by atoms with van der Waals surface area (Å²) in [5.74, 6) is -0.397. The Hall–Kier alpha value is -2.66. The van der Waals surface area contributed by atoms with Crippen molar-refractivity contribution >= 4 is 17.5 Å². The molecule has 2 aromatic carbocycles. The van der Waals surface area contributed by atoms with Gasteiger partial charge < -0.3 is 10.6 Å². The summed E-state index contributed by atoms with van der Waals surface area (Å²) in [5, 5.41) is 5.52. The number of anilines is 1. The summed E-state index contributed by atoms with van der Waals surface area (Å²) in [6.45, 7) is 6.91. The van der Waals surface area contributed by atoms with E-state index < -0.39 is 0 Å². The predicted octanol–water partition coefficient (Wildman–Crippen LogP) is 2.80. The lowest BCUT2D eigenvalue weighted by Gasteiger charge is -2.17. The van der Waals surface area contributed by atoms with E-state index in [1.165, 1.54) is 11.1 Å². The summed E-state index contributed by atoms with van der Waals surface area (Å²) >= 11 is 0. The molecule has 0 atom stereocenters. The molecule has 0 bridgehead atoms. The molecule has 2 rings (SSSR count). The zero-order valence-electron chi connectivity index (χ0n) is 15.9. The Bertz CT molecular complexity index is 787. The molecule has 5 nitrogen and oxygen atoms in total. The molecule has 0 saturated carbocycles. The van der Waals surface area contributed by atoms with Crippen molar-refractivity contribution in [3.63, 3.8) is 0 Å². The van der Waals surface area contributed by atoms with Crippen LogP contribution in [0.4, 0.5) is 5.69 Å². The number of likely N-dealkylation sites (N-methyl/N-ethyl adjacent to an activating group) is 1. The van der Waals surface area contributed by atoms with Gasteiger partial charge in [0.25, 0.3) is 0 Å². The lowest BCUT2D eigenvalue weighted by molar-refractivity contribution is -0.124. The van der Waals surface area contributed by atoms with Crippen LogP contribution in [-0.4, -0.2) is 36.9 Å². The summed E-state index contributed by atoms with van der Waals surface area (Å²) in [6.07, 6.45) is 0. The van der Waals surface area contributed by atoms with Crippen LogP contribution < -0.4 is 10.6 Å².